The van der Waals surface area contributed by atoms with Crippen LogP contribution in [0, 0.1) is 6.92 Å². The molecule has 1 amide bonds. The molecular weight excluding hydrogens is 346 g/mol. The summed E-state index contributed by atoms with van der Waals surface area (Å²) < 4.78 is 0. The second-order valence-corrected chi connectivity index (χ2v) is 6.08. The molecule has 4 rings (SSSR count). The minimum atomic E-state index is -0.0766. The molecule has 0 radical (unpaired) electrons. The third-order valence-corrected chi connectivity index (χ3v) is 4.28. The normalized spacial score (nSPS) is 14.9. The Balaban J connectivity index is 1.53. The highest BCUT2D eigenvalue weighted by Crippen LogP contribution is 2.18. The number of carbonyl (C=O) groups is 1. The quantitative estimate of drug-likeness (QED) is 0.690. The van der Waals surface area contributed by atoms with Gasteiger partial charge in [0, 0.05) is 24.8 Å². The monoisotopic (exact) mass is 365 g/mol. The van der Waals surface area contributed by atoms with Gasteiger partial charge in [0.1, 0.15) is 6.33 Å². The van der Waals surface area contributed by atoms with Crippen LogP contribution in [0.5, 0.6) is 0 Å². The molecule has 3 aromatic rings. The van der Waals surface area contributed by atoms with Crippen molar-refractivity contribution in [2.75, 3.05) is 31.3 Å². The van der Waals surface area contributed by atoms with E-state index in [1.165, 1.54) is 11.1 Å². The Hall–Kier alpha value is -3.33. The lowest BCUT2D eigenvalue weighted by molar-refractivity contribution is 0.0730. The summed E-state index contributed by atoms with van der Waals surface area (Å²) in [5, 5.41) is 9.99. The molecule has 3 heterocycles. The molecule has 0 atom stereocenters. The minimum absolute atomic E-state index is 0.0766. The van der Waals surface area contributed by atoms with Crippen molar-refractivity contribution in [3.63, 3.8) is 0 Å². The summed E-state index contributed by atoms with van der Waals surface area (Å²) in [5.74, 6) is 0.616. The Kier molecular flexibility index (Phi) is 4.75. The van der Waals surface area contributed by atoms with Gasteiger partial charge in [-0.1, -0.05) is 12.1 Å². The van der Waals surface area contributed by atoms with E-state index < -0.39 is 0 Å². The second-order valence-electron chi connectivity index (χ2n) is 6.08. The Labute approximate surface area is 156 Å². The van der Waals surface area contributed by atoms with Gasteiger partial charge in [-0.15, -0.1) is 0 Å². The Morgan fingerprint density at radius 1 is 1.07 bits per heavy atom. The van der Waals surface area contributed by atoms with E-state index in [1.807, 2.05) is 31.2 Å². The molecule has 0 spiro atoms. The van der Waals surface area contributed by atoms with Gasteiger partial charge in [0.25, 0.3) is 5.91 Å². The molecule has 0 saturated carbocycles. The number of hydrogen-bond acceptors (Lipinski definition) is 7. The average Bonchev–Trinajstić information content (AvgIpc) is 3.12. The first-order valence-corrected chi connectivity index (χ1v) is 8.66. The van der Waals surface area contributed by atoms with E-state index in [0.29, 0.717) is 43.3 Å². The highest BCUT2D eigenvalue weighted by atomic mass is 16.7. The van der Waals surface area contributed by atoms with Crippen LogP contribution in [0.4, 0.5) is 5.82 Å². The van der Waals surface area contributed by atoms with Gasteiger partial charge in [-0.05, 0) is 19.1 Å². The van der Waals surface area contributed by atoms with E-state index in [-0.39, 0.29) is 5.91 Å². The molecule has 1 saturated heterocycles. The number of para-hydroxylation sites is 1. The summed E-state index contributed by atoms with van der Waals surface area (Å²) in [6, 6.07) is 9.18. The Morgan fingerprint density at radius 3 is 2.70 bits per heavy atom. The average molecular weight is 365 g/mol. The van der Waals surface area contributed by atoms with Crippen molar-refractivity contribution in [3.8, 4) is 5.69 Å². The fourth-order valence-electron chi connectivity index (χ4n) is 2.95. The Bertz CT molecular complexity index is 929. The molecule has 0 bridgehead atoms. The number of amides is 1. The maximum atomic E-state index is 13.1. The van der Waals surface area contributed by atoms with Gasteiger partial charge in [0.05, 0.1) is 36.8 Å². The van der Waals surface area contributed by atoms with Crippen LogP contribution in [-0.2, 0) is 4.84 Å². The zero-order chi connectivity index (χ0) is 18.6. The number of nitrogens with zero attached hydrogens (tertiary/aromatic N) is 7. The van der Waals surface area contributed by atoms with E-state index in [0.717, 1.165) is 5.69 Å². The standard InChI is InChI=1S/C18H19N7O2/c1-14-12-17(20-13-19-14)24-9-8-23(10-11-27-24)18(26)15-4-2-3-5-16(15)25-21-6-7-22-25/h2-7,12-13H,8-11H2,1H3. The van der Waals surface area contributed by atoms with Gasteiger partial charge in [0.15, 0.2) is 5.82 Å². The van der Waals surface area contributed by atoms with E-state index >= 15 is 0 Å². The molecule has 9 heteroatoms. The molecule has 27 heavy (non-hydrogen) atoms. The number of anilines is 1. The van der Waals surface area contributed by atoms with Crippen LogP contribution >= 0.6 is 0 Å². The van der Waals surface area contributed by atoms with Gasteiger partial charge in [-0.3, -0.25) is 9.63 Å². The maximum absolute atomic E-state index is 13.1. The molecular formula is C18H19N7O2. The fraction of sp³-hybridized carbons (Fsp3) is 0.278. The fourth-order valence-corrected chi connectivity index (χ4v) is 2.95. The third kappa shape index (κ3) is 3.63. The number of aryl methyl sites for hydroxylation is 1. The smallest absolute Gasteiger partial charge is 0.256 e. The van der Waals surface area contributed by atoms with Crippen LogP contribution in [0.25, 0.3) is 5.69 Å². The first-order chi connectivity index (χ1) is 13.2. The van der Waals surface area contributed by atoms with Crippen molar-refractivity contribution in [2.24, 2.45) is 0 Å². The largest absolute Gasteiger partial charge is 0.334 e. The predicted octanol–water partition coefficient (Wildman–Crippen LogP) is 1.26. The molecule has 0 N–H and O–H groups in total. The Morgan fingerprint density at radius 2 is 1.89 bits per heavy atom. The number of hydroxylamine groups is 1. The molecule has 1 fully saturated rings. The summed E-state index contributed by atoms with van der Waals surface area (Å²) in [6.45, 7) is 3.81. The summed E-state index contributed by atoms with van der Waals surface area (Å²) in [6.07, 6.45) is 4.68. The molecule has 1 aliphatic rings. The molecule has 0 aliphatic carbocycles. The number of carbonyl (C=O) groups excluding carboxylic acids is 1. The zero-order valence-corrected chi connectivity index (χ0v) is 14.9. The van der Waals surface area contributed by atoms with Crippen molar-refractivity contribution in [3.05, 3.63) is 60.3 Å². The van der Waals surface area contributed by atoms with Crippen molar-refractivity contribution in [2.45, 2.75) is 6.92 Å². The van der Waals surface area contributed by atoms with Gasteiger partial charge in [-0.25, -0.2) is 15.0 Å². The maximum Gasteiger partial charge on any atom is 0.256 e. The van der Waals surface area contributed by atoms with Crippen LogP contribution in [0.2, 0.25) is 0 Å². The molecule has 1 aromatic carbocycles. The highest BCUT2D eigenvalue weighted by Gasteiger charge is 2.24. The first-order valence-electron chi connectivity index (χ1n) is 8.66. The molecule has 138 valence electrons. The molecule has 0 unspecified atom stereocenters. The van der Waals surface area contributed by atoms with Gasteiger partial charge >= 0.3 is 0 Å². The SMILES string of the molecule is Cc1cc(N2CCN(C(=O)c3ccccc3-n3nccn3)CCO2)ncn1. The number of hydrogen-bond donors (Lipinski definition) is 0. The lowest BCUT2D eigenvalue weighted by Crippen LogP contribution is -2.36. The molecule has 9 nitrogen and oxygen atoms in total. The lowest BCUT2D eigenvalue weighted by Gasteiger charge is -2.22. The summed E-state index contributed by atoms with van der Waals surface area (Å²) in [5.41, 5.74) is 2.07. The summed E-state index contributed by atoms with van der Waals surface area (Å²) in [4.78, 5) is 30.5. The van der Waals surface area contributed by atoms with Crippen LogP contribution in [0.1, 0.15) is 16.1 Å². The van der Waals surface area contributed by atoms with E-state index in [2.05, 4.69) is 20.2 Å². The van der Waals surface area contributed by atoms with Crippen molar-refractivity contribution in [1.82, 2.24) is 29.9 Å². The summed E-state index contributed by atoms with van der Waals surface area (Å²) >= 11 is 0. The zero-order valence-electron chi connectivity index (χ0n) is 14.9. The summed E-state index contributed by atoms with van der Waals surface area (Å²) in [7, 11) is 0. The number of benzene rings is 1. The van der Waals surface area contributed by atoms with Crippen LogP contribution in [0.3, 0.4) is 0 Å². The van der Waals surface area contributed by atoms with Crippen LogP contribution < -0.4 is 5.06 Å². The van der Waals surface area contributed by atoms with Crippen LogP contribution in [-0.4, -0.2) is 62.0 Å². The number of rotatable bonds is 3. The van der Waals surface area contributed by atoms with Gasteiger partial charge in [0.2, 0.25) is 0 Å². The first kappa shape index (κ1) is 17.1. The van der Waals surface area contributed by atoms with Crippen molar-refractivity contribution < 1.29 is 9.63 Å². The minimum Gasteiger partial charge on any atom is -0.334 e. The van der Waals surface area contributed by atoms with Crippen molar-refractivity contribution >= 4 is 11.7 Å². The lowest BCUT2D eigenvalue weighted by atomic mass is 10.1. The third-order valence-electron chi connectivity index (χ3n) is 4.28. The predicted molar refractivity (Wildman–Crippen MR) is 97.3 cm³/mol. The van der Waals surface area contributed by atoms with Crippen LogP contribution in [0.15, 0.2) is 49.1 Å². The van der Waals surface area contributed by atoms with E-state index in [1.54, 1.807) is 28.4 Å². The van der Waals surface area contributed by atoms with Crippen molar-refractivity contribution in [1.29, 1.82) is 0 Å². The van der Waals surface area contributed by atoms with E-state index in [4.69, 9.17) is 4.84 Å². The number of aromatic nitrogens is 5. The van der Waals surface area contributed by atoms with Gasteiger partial charge < -0.3 is 4.90 Å². The highest BCUT2D eigenvalue weighted by molar-refractivity contribution is 5.97. The molecule has 2 aromatic heterocycles. The van der Waals surface area contributed by atoms with E-state index in [9.17, 15) is 4.79 Å². The van der Waals surface area contributed by atoms with Gasteiger partial charge in [-0.2, -0.15) is 15.0 Å². The topological polar surface area (TPSA) is 89.3 Å². The second kappa shape index (κ2) is 7.50. The molecule has 1 aliphatic heterocycles.